The van der Waals surface area contributed by atoms with Gasteiger partial charge in [-0.25, -0.2) is 4.90 Å². The molecule has 0 unspecified atom stereocenters. The highest BCUT2D eigenvalue weighted by atomic mass is 32.2. The van der Waals surface area contributed by atoms with Gasteiger partial charge in [-0.1, -0.05) is 42.1 Å². The molecule has 4 rings (SSSR count). The molecule has 1 aliphatic heterocycles. The van der Waals surface area contributed by atoms with Crippen molar-refractivity contribution >= 4 is 46.4 Å². The quantitative estimate of drug-likeness (QED) is 0.498. The van der Waals surface area contributed by atoms with Gasteiger partial charge in [0.15, 0.2) is 0 Å². The number of hydrogen-bond acceptors (Lipinski definition) is 5. The zero-order chi connectivity index (χ0) is 23.4. The molecule has 0 atom stereocenters. The van der Waals surface area contributed by atoms with E-state index in [1.165, 1.54) is 23.6 Å². The smallest absolute Gasteiger partial charge is 0.272 e. The molecule has 0 fully saturated rings. The molecule has 0 spiro atoms. The van der Waals surface area contributed by atoms with Crippen molar-refractivity contribution in [1.82, 2.24) is 0 Å². The minimum absolute atomic E-state index is 0.197. The number of ether oxygens (including phenoxy) is 1. The van der Waals surface area contributed by atoms with E-state index in [0.29, 0.717) is 39.8 Å². The standard InChI is InChI=1S/C26H22N2O4S/c1-3-32-21-15-9-18(10-16-21)23-24(33-22-7-5-4-6-8-22)26(31)28(25(23)30)20-13-11-19(12-14-20)27-17(2)29/h4-16H,3H2,1-2H3,(H,27,29). The number of carbonyl (C=O) groups is 3. The lowest BCUT2D eigenvalue weighted by Gasteiger charge is -2.16. The van der Waals surface area contributed by atoms with Gasteiger partial charge in [-0.15, -0.1) is 0 Å². The minimum atomic E-state index is -0.394. The molecule has 0 aromatic heterocycles. The largest absolute Gasteiger partial charge is 0.494 e. The second-order valence-corrected chi connectivity index (χ2v) is 8.33. The van der Waals surface area contributed by atoms with Crippen LogP contribution in [0.3, 0.4) is 0 Å². The molecule has 3 amide bonds. The number of amides is 3. The summed E-state index contributed by atoms with van der Waals surface area (Å²) < 4.78 is 5.51. The van der Waals surface area contributed by atoms with Crippen LogP contribution in [-0.4, -0.2) is 24.3 Å². The van der Waals surface area contributed by atoms with Gasteiger partial charge in [0.05, 0.1) is 22.8 Å². The number of imide groups is 1. The van der Waals surface area contributed by atoms with Crippen LogP contribution < -0.4 is 15.0 Å². The third kappa shape index (κ3) is 4.83. The lowest BCUT2D eigenvalue weighted by molar-refractivity contribution is -0.120. The summed E-state index contributed by atoms with van der Waals surface area (Å²) in [5.74, 6) is -0.279. The number of nitrogens with zero attached hydrogens (tertiary/aromatic N) is 1. The Kier molecular flexibility index (Phi) is 6.60. The van der Waals surface area contributed by atoms with Gasteiger partial charge >= 0.3 is 0 Å². The molecule has 0 saturated carbocycles. The van der Waals surface area contributed by atoms with Crippen molar-refractivity contribution in [2.45, 2.75) is 18.7 Å². The molecular weight excluding hydrogens is 436 g/mol. The van der Waals surface area contributed by atoms with Crippen molar-refractivity contribution in [2.24, 2.45) is 0 Å². The van der Waals surface area contributed by atoms with E-state index in [-0.39, 0.29) is 11.8 Å². The molecule has 0 saturated heterocycles. The number of hydrogen-bond donors (Lipinski definition) is 1. The fourth-order valence-electron chi connectivity index (χ4n) is 3.48. The molecule has 6 nitrogen and oxygen atoms in total. The second-order valence-electron chi connectivity index (χ2n) is 7.25. The van der Waals surface area contributed by atoms with Crippen molar-refractivity contribution in [3.8, 4) is 5.75 Å². The van der Waals surface area contributed by atoms with Crippen LogP contribution in [-0.2, 0) is 14.4 Å². The van der Waals surface area contributed by atoms with Crippen LogP contribution in [0, 0.1) is 0 Å². The minimum Gasteiger partial charge on any atom is -0.494 e. The van der Waals surface area contributed by atoms with Crippen molar-refractivity contribution in [3.05, 3.63) is 89.3 Å². The Morgan fingerprint density at radius 2 is 1.58 bits per heavy atom. The molecule has 3 aromatic carbocycles. The topological polar surface area (TPSA) is 75.7 Å². The lowest BCUT2D eigenvalue weighted by Crippen LogP contribution is -2.31. The van der Waals surface area contributed by atoms with E-state index in [0.717, 1.165) is 4.90 Å². The monoisotopic (exact) mass is 458 g/mol. The SMILES string of the molecule is CCOc1ccc(C2=C(Sc3ccccc3)C(=O)N(c3ccc(NC(C)=O)cc3)C2=O)cc1. The number of benzene rings is 3. The summed E-state index contributed by atoms with van der Waals surface area (Å²) in [7, 11) is 0. The predicted octanol–water partition coefficient (Wildman–Crippen LogP) is 5.12. The van der Waals surface area contributed by atoms with E-state index < -0.39 is 5.91 Å². The second kappa shape index (κ2) is 9.75. The summed E-state index contributed by atoms with van der Waals surface area (Å²) in [5.41, 5.74) is 2.02. The zero-order valence-electron chi connectivity index (χ0n) is 18.2. The van der Waals surface area contributed by atoms with Crippen LogP contribution in [0.25, 0.3) is 5.57 Å². The van der Waals surface area contributed by atoms with Gasteiger partial charge in [-0.2, -0.15) is 0 Å². The zero-order valence-corrected chi connectivity index (χ0v) is 19.0. The van der Waals surface area contributed by atoms with E-state index in [4.69, 9.17) is 4.74 Å². The Morgan fingerprint density at radius 1 is 0.909 bits per heavy atom. The average molecular weight is 459 g/mol. The molecule has 166 valence electrons. The summed E-state index contributed by atoms with van der Waals surface area (Å²) in [6.45, 7) is 3.86. The highest BCUT2D eigenvalue weighted by Crippen LogP contribution is 2.41. The van der Waals surface area contributed by atoms with Gasteiger partial charge in [0.2, 0.25) is 5.91 Å². The first-order chi connectivity index (χ1) is 16.0. The third-order valence-electron chi connectivity index (χ3n) is 4.90. The number of nitrogens with one attached hydrogen (secondary N) is 1. The normalized spacial score (nSPS) is 13.5. The van der Waals surface area contributed by atoms with Crippen molar-refractivity contribution < 1.29 is 19.1 Å². The highest BCUT2D eigenvalue weighted by molar-refractivity contribution is 8.04. The van der Waals surface area contributed by atoms with Gasteiger partial charge < -0.3 is 10.1 Å². The molecule has 0 aliphatic carbocycles. The molecule has 33 heavy (non-hydrogen) atoms. The Balaban J connectivity index is 1.73. The summed E-state index contributed by atoms with van der Waals surface area (Å²) in [6, 6.07) is 23.3. The van der Waals surface area contributed by atoms with Gasteiger partial charge in [0.1, 0.15) is 5.75 Å². The van der Waals surface area contributed by atoms with Crippen LogP contribution in [0.15, 0.2) is 88.7 Å². The lowest BCUT2D eigenvalue weighted by atomic mass is 10.1. The summed E-state index contributed by atoms with van der Waals surface area (Å²) in [5, 5.41) is 2.68. The molecule has 1 aliphatic rings. The van der Waals surface area contributed by atoms with Gasteiger partial charge in [-0.3, -0.25) is 14.4 Å². The number of anilines is 2. The van der Waals surface area contributed by atoms with Crippen molar-refractivity contribution in [2.75, 3.05) is 16.8 Å². The summed E-state index contributed by atoms with van der Waals surface area (Å²) in [4.78, 5) is 40.7. The Labute approximate surface area is 196 Å². The van der Waals surface area contributed by atoms with Crippen LogP contribution in [0.2, 0.25) is 0 Å². The maximum atomic E-state index is 13.5. The number of rotatable bonds is 7. The maximum Gasteiger partial charge on any atom is 0.272 e. The number of carbonyl (C=O) groups excluding carboxylic acids is 3. The van der Waals surface area contributed by atoms with Gasteiger partial charge in [0, 0.05) is 17.5 Å². The first-order valence-corrected chi connectivity index (χ1v) is 11.3. The van der Waals surface area contributed by atoms with Crippen LogP contribution >= 0.6 is 11.8 Å². The fourth-order valence-corrected chi connectivity index (χ4v) is 4.50. The average Bonchev–Trinajstić information content (AvgIpc) is 3.05. The fraction of sp³-hybridized carbons (Fsp3) is 0.115. The summed E-state index contributed by atoms with van der Waals surface area (Å²) in [6.07, 6.45) is 0. The third-order valence-corrected chi connectivity index (χ3v) is 6.00. The Hall–Kier alpha value is -3.84. The van der Waals surface area contributed by atoms with E-state index in [9.17, 15) is 14.4 Å². The molecule has 0 radical (unpaired) electrons. The maximum absolute atomic E-state index is 13.5. The Morgan fingerprint density at radius 3 is 2.18 bits per heavy atom. The van der Waals surface area contributed by atoms with Crippen molar-refractivity contribution in [3.63, 3.8) is 0 Å². The van der Waals surface area contributed by atoms with Crippen LogP contribution in [0.5, 0.6) is 5.75 Å². The first kappa shape index (κ1) is 22.4. The molecule has 1 heterocycles. The van der Waals surface area contributed by atoms with E-state index in [1.807, 2.05) is 37.3 Å². The molecule has 1 N–H and O–H groups in total. The molecular formula is C26H22N2O4S. The van der Waals surface area contributed by atoms with E-state index >= 15 is 0 Å². The Bertz CT molecular complexity index is 1220. The number of thioether (sulfide) groups is 1. The molecule has 7 heteroatoms. The van der Waals surface area contributed by atoms with Crippen LogP contribution in [0.4, 0.5) is 11.4 Å². The highest BCUT2D eigenvalue weighted by Gasteiger charge is 2.40. The van der Waals surface area contributed by atoms with Gasteiger partial charge in [-0.05, 0) is 61.0 Å². The molecule has 0 bridgehead atoms. The van der Waals surface area contributed by atoms with Crippen LogP contribution in [0.1, 0.15) is 19.4 Å². The first-order valence-electron chi connectivity index (χ1n) is 10.4. The van der Waals surface area contributed by atoms with E-state index in [1.54, 1.807) is 48.5 Å². The van der Waals surface area contributed by atoms with Crippen molar-refractivity contribution in [1.29, 1.82) is 0 Å². The molecule has 3 aromatic rings. The van der Waals surface area contributed by atoms with Gasteiger partial charge in [0.25, 0.3) is 11.8 Å². The summed E-state index contributed by atoms with van der Waals surface area (Å²) >= 11 is 1.27. The predicted molar refractivity (Wildman–Crippen MR) is 130 cm³/mol. The van der Waals surface area contributed by atoms with E-state index in [2.05, 4.69) is 5.32 Å².